The first-order valence-electron chi connectivity index (χ1n) is 10.4. The van der Waals surface area contributed by atoms with E-state index in [2.05, 4.69) is 41.5 Å². The number of halogens is 1. The van der Waals surface area contributed by atoms with E-state index in [0.29, 0.717) is 10.9 Å². The number of benzene rings is 2. The van der Waals surface area contributed by atoms with Crippen molar-refractivity contribution in [2.75, 3.05) is 23.3 Å². The van der Waals surface area contributed by atoms with E-state index in [1.54, 1.807) is 6.08 Å². The molecule has 2 aromatic carbocycles. The van der Waals surface area contributed by atoms with Crippen LogP contribution >= 0.6 is 23.8 Å². The molecule has 2 N–H and O–H groups in total. The van der Waals surface area contributed by atoms with Crippen molar-refractivity contribution in [1.82, 2.24) is 5.32 Å². The van der Waals surface area contributed by atoms with Crippen molar-refractivity contribution < 1.29 is 4.79 Å². The Morgan fingerprint density at radius 1 is 1.10 bits per heavy atom. The van der Waals surface area contributed by atoms with Crippen LogP contribution in [0.1, 0.15) is 50.2 Å². The van der Waals surface area contributed by atoms with E-state index in [1.165, 1.54) is 18.1 Å². The molecule has 0 saturated carbocycles. The van der Waals surface area contributed by atoms with Crippen molar-refractivity contribution in [3.8, 4) is 0 Å². The van der Waals surface area contributed by atoms with E-state index in [4.69, 9.17) is 23.8 Å². The quantitative estimate of drug-likeness (QED) is 0.442. The second-order valence-electron chi connectivity index (χ2n) is 7.78. The van der Waals surface area contributed by atoms with Crippen LogP contribution in [0, 0.1) is 0 Å². The largest absolute Gasteiger partial charge is 0.369 e. The van der Waals surface area contributed by atoms with Crippen molar-refractivity contribution in [3.63, 3.8) is 0 Å². The van der Waals surface area contributed by atoms with Gasteiger partial charge in [0.15, 0.2) is 5.11 Å². The maximum Gasteiger partial charge on any atom is 0.250 e. The number of carbonyl (C=O) groups excluding carboxylic acids is 1. The van der Waals surface area contributed by atoms with Crippen molar-refractivity contribution in [1.29, 1.82) is 0 Å². The molecule has 0 aliphatic carbocycles. The van der Waals surface area contributed by atoms with Gasteiger partial charge in [-0.2, -0.15) is 0 Å². The van der Waals surface area contributed by atoms with E-state index in [9.17, 15) is 4.79 Å². The van der Waals surface area contributed by atoms with Crippen LogP contribution in [0.3, 0.4) is 0 Å². The summed E-state index contributed by atoms with van der Waals surface area (Å²) < 4.78 is 0. The zero-order valence-corrected chi connectivity index (χ0v) is 19.0. The molecule has 1 aliphatic rings. The average Bonchev–Trinajstić information content (AvgIpc) is 2.73. The summed E-state index contributed by atoms with van der Waals surface area (Å²) in [7, 11) is 0. The lowest BCUT2D eigenvalue weighted by Crippen LogP contribution is -2.34. The van der Waals surface area contributed by atoms with Gasteiger partial charge in [0.1, 0.15) is 0 Å². The topological polar surface area (TPSA) is 44.4 Å². The minimum Gasteiger partial charge on any atom is -0.369 e. The molecule has 0 bridgehead atoms. The van der Waals surface area contributed by atoms with Crippen molar-refractivity contribution in [2.24, 2.45) is 0 Å². The number of nitrogens with one attached hydrogen (secondary N) is 2. The van der Waals surface area contributed by atoms with Gasteiger partial charge in [0.25, 0.3) is 0 Å². The van der Waals surface area contributed by atoms with E-state index >= 15 is 0 Å². The van der Waals surface area contributed by atoms with Gasteiger partial charge in [-0.1, -0.05) is 55.8 Å². The Bertz CT molecular complexity index is 919. The number of amides is 1. The Labute approximate surface area is 189 Å². The highest BCUT2D eigenvalue weighted by atomic mass is 35.5. The third-order valence-corrected chi connectivity index (χ3v) is 5.68. The Balaban J connectivity index is 1.61. The van der Waals surface area contributed by atoms with Crippen molar-refractivity contribution >= 4 is 52.3 Å². The number of carbonyl (C=O) groups is 1. The second-order valence-corrected chi connectivity index (χ2v) is 8.60. The normalized spacial score (nSPS) is 14.2. The molecular weight excluding hydrogens is 414 g/mol. The monoisotopic (exact) mass is 441 g/mol. The number of hydrogen-bond donors (Lipinski definition) is 2. The molecule has 6 heteroatoms. The molecule has 0 radical (unpaired) electrons. The summed E-state index contributed by atoms with van der Waals surface area (Å²) in [5.41, 5.74) is 3.99. The minimum absolute atomic E-state index is 0.250. The fraction of sp³-hybridized carbons (Fsp3) is 0.333. The van der Waals surface area contributed by atoms with Crippen molar-refractivity contribution in [3.05, 3.63) is 64.7 Å². The Kier molecular flexibility index (Phi) is 7.88. The summed E-state index contributed by atoms with van der Waals surface area (Å²) in [5.74, 6) is 0.207. The minimum atomic E-state index is -0.276. The summed E-state index contributed by atoms with van der Waals surface area (Å²) in [5, 5.41) is 6.78. The van der Waals surface area contributed by atoms with E-state index in [-0.39, 0.29) is 11.0 Å². The first-order valence-corrected chi connectivity index (χ1v) is 11.2. The molecule has 1 fully saturated rings. The lowest BCUT2D eigenvalue weighted by atomic mass is 10.0. The van der Waals surface area contributed by atoms with Gasteiger partial charge in [-0.05, 0) is 66.7 Å². The maximum atomic E-state index is 12.3. The summed E-state index contributed by atoms with van der Waals surface area (Å²) in [6, 6.07) is 13.9. The molecule has 158 valence electrons. The molecule has 0 unspecified atom stereocenters. The fourth-order valence-electron chi connectivity index (χ4n) is 3.53. The molecule has 2 aromatic rings. The number of anilines is 2. The van der Waals surface area contributed by atoms with Crippen LogP contribution < -0.4 is 15.5 Å². The van der Waals surface area contributed by atoms with Gasteiger partial charge in [0, 0.05) is 19.2 Å². The van der Waals surface area contributed by atoms with Gasteiger partial charge < -0.3 is 10.2 Å². The van der Waals surface area contributed by atoms with Gasteiger partial charge in [-0.15, -0.1) is 0 Å². The van der Waals surface area contributed by atoms with E-state index in [0.717, 1.165) is 42.9 Å². The van der Waals surface area contributed by atoms with Gasteiger partial charge in [-0.3, -0.25) is 10.1 Å². The molecule has 0 aromatic heterocycles. The van der Waals surface area contributed by atoms with Crippen LogP contribution in [0.4, 0.5) is 11.4 Å². The number of thiocarbonyl (C=S) groups is 1. The molecule has 4 nitrogen and oxygen atoms in total. The number of hydrogen-bond acceptors (Lipinski definition) is 3. The first kappa shape index (κ1) is 22.3. The molecular formula is C24H28ClN3OS. The number of para-hydroxylation sites is 1. The van der Waals surface area contributed by atoms with Crippen LogP contribution in [0.15, 0.2) is 48.5 Å². The molecule has 1 saturated heterocycles. The van der Waals surface area contributed by atoms with Gasteiger partial charge >= 0.3 is 0 Å². The third-order valence-electron chi connectivity index (χ3n) is 5.17. The highest BCUT2D eigenvalue weighted by molar-refractivity contribution is 7.80. The predicted octanol–water partition coefficient (Wildman–Crippen LogP) is 5.98. The second kappa shape index (κ2) is 10.6. The Hall–Kier alpha value is -2.37. The molecule has 0 atom stereocenters. The standard InChI is InChI=1S/C24H28ClN3OS/c1-17(2)19-12-9-18(10-13-19)11-14-22(29)27-24(30)26-21-8-6-7-20(25)23(21)28-15-4-3-5-16-28/h6-14,17H,3-5,15-16H2,1-2H3,(H2,26,27,29,30). The number of nitrogens with zero attached hydrogens (tertiary/aromatic N) is 1. The molecule has 1 heterocycles. The summed E-state index contributed by atoms with van der Waals surface area (Å²) in [4.78, 5) is 14.6. The van der Waals surface area contributed by atoms with Crippen LogP contribution in [0.2, 0.25) is 5.02 Å². The fourth-order valence-corrected chi connectivity index (χ4v) is 4.03. The highest BCUT2D eigenvalue weighted by Gasteiger charge is 2.18. The Morgan fingerprint density at radius 2 is 1.80 bits per heavy atom. The Morgan fingerprint density at radius 3 is 2.47 bits per heavy atom. The molecule has 3 rings (SSSR count). The maximum absolute atomic E-state index is 12.3. The third kappa shape index (κ3) is 6.07. The average molecular weight is 442 g/mol. The molecule has 0 spiro atoms. The van der Waals surface area contributed by atoms with E-state index in [1.807, 2.05) is 30.3 Å². The SMILES string of the molecule is CC(C)c1ccc(C=CC(=O)NC(=S)Nc2cccc(Cl)c2N2CCCCC2)cc1. The van der Waals surface area contributed by atoms with Crippen LogP contribution in [-0.2, 0) is 4.79 Å². The number of piperidine rings is 1. The van der Waals surface area contributed by atoms with Gasteiger partial charge in [-0.25, -0.2) is 0 Å². The van der Waals surface area contributed by atoms with E-state index < -0.39 is 0 Å². The zero-order chi connectivity index (χ0) is 21.5. The van der Waals surface area contributed by atoms with Gasteiger partial charge in [0.2, 0.25) is 5.91 Å². The summed E-state index contributed by atoms with van der Waals surface area (Å²) in [6.07, 6.45) is 6.80. The molecule has 1 amide bonds. The summed E-state index contributed by atoms with van der Waals surface area (Å²) >= 11 is 11.8. The first-order chi connectivity index (χ1) is 14.4. The van der Waals surface area contributed by atoms with Crippen molar-refractivity contribution in [2.45, 2.75) is 39.0 Å². The predicted molar refractivity (Wildman–Crippen MR) is 131 cm³/mol. The lowest BCUT2D eigenvalue weighted by Gasteiger charge is -2.31. The van der Waals surface area contributed by atoms with Crippen LogP contribution in [0.25, 0.3) is 6.08 Å². The zero-order valence-electron chi connectivity index (χ0n) is 17.5. The molecule has 1 aliphatic heterocycles. The molecule has 30 heavy (non-hydrogen) atoms. The van der Waals surface area contributed by atoms with Crippen LogP contribution in [0.5, 0.6) is 0 Å². The smallest absolute Gasteiger partial charge is 0.250 e. The lowest BCUT2D eigenvalue weighted by molar-refractivity contribution is -0.115. The number of rotatable bonds is 5. The van der Waals surface area contributed by atoms with Crippen LogP contribution in [-0.4, -0.2) is 24.1 Å². The van der Waals surface area contributed by atoms with Gasteiger partial charge in [0.05, 0.1) is 16.4 Å². The summed E-state index contributed by atoms with van der Waals surface area (Å²) in [6.45, 7) is 6.25. The highest BCUT2D eigenvalue weighted by Crippen LogP contribution is 2.35.